The molecular formula is C20H21N4O5S+. The number of urea groups is 1. The number of allylic oxidation sites excluding steroid dienone is 1. The van der Waals surface area contributed by atoms with E-state index in [1.807, 2.05) is 6.92 Å². The summed E-state index contributed by atoms with van der Waals surface area (Å²) in [5.41, 5.74) is 1.69. The van der Waals surface area contributed by atoms with Crippen LogP contribution in [0.5, 0.6) is 0 Å². The average molecular weight is 429 g/mol. The molecule has 156 valence electrons. The van der Waals surface area contributed by atoms with Crippen LogP contribution in [0.1, 0.15) is 17.3 Å². The smallest absolute Gasteiger partial charge is 0.445 e. The molecule has 9 nitrogen and oxygen atoms in total. The quantitative estimate of drug-likeness (QED) is 0.564. The van der Waals surface area contributed by atoms with E-state index in [2.05, 4.69) is 15.0 Å². The summed E-state index contributed by atoms with van der Waals surface area (Å²) in [5, 5.41) is 2.75. The Morgan fingerprint density at radius 1 is 1.27 bits per heavy atom. The summed E-state index contributed by atoms with van der Waals surface area (Å²) < 4.78 is 5.99. The molecule has 2 heterocycles. The van der Waals surface area contributed by atoms with Gasteiger partial charge in [-0.25, -0.2) is 9.59 Å². The number of thioether (sulfide) groups is 1. The van der Waals surface area contributed by atoms with E-state index in [1.54, 1.807) is 37.5 Å². The molecule has 30 heavy (non-hydrogen) atoms. The van der Waals surface area contributed by atoms with Crippen molar-refractivity contribution in [1.82, 2.24) is 4.90 Å². The van der Waals surface area contributed by atoms with Gasteiger partial charge in [-0.05, 0) is 36.8 Å². The van der Waals surface area contributed by atoms with Gasteiger partial charge in [0.1, 0.15) is 6.21 Å². The number of anilines is 1. The van der Waals surface area contributed by atoms with E-state index < -0.39 is 17.9 Å². The monoisotopic (exact) mass is 429 g/mol. The van der Waals surface area contributed by atoms with Crippen LogP contribution in [-0.4, -0.2) is 72.3 Å². The van der Waals surface area contributed by atoms with Gasteiger partial charge in [0.15, 0.2) is 5.92 Å². The first-order chi connectivity index (χ1) is 14.2. The van der Waals surface area contributed by atoms with Crippen molar-refractivity contribution >= 4 is 53.3 Å². The number of dihydropyridines is 1. The fourth-order valence-electron chi connectivity index (χ4n) is 3.10. The number of imide groups is 1. The lowest BCUT2D eigenvalue weighted by Crippen LogP contribution is -2.52. The van der Waals surface area contributed by atoms with Crippen molar-refractivity contribution in [2.45, 2.75) is 6.92 Å². The molecule has 0 radical (unpaired) electrons. The van der Waals surface area contributed by atoms with Gasteiger partial charge in [0.25, 0.3) is 5.84 Å². The van der Waals surface area contributed by atoms with E-state index >= 15 is 0 Å². The van der Waals surface area contributed by atoms with Crippen LogP contribution in [0.4, 0.5) is 10.5 Å². The number of rotatable bonds is 5. The molecule has 1 unspecified atom stereocenters. The van der Waals surface area contributed by atoms with Crippen molar-refractivity contribution in [2.75, 3.05) is 32.3 Å². The first-order valence-corrected chi connectivity index (χ1v) is 10.0. The SMILES string of the molecule is COC(=O)c1ccc(NC(=O)CSC2=C(C)C=NC3=[N+](C)C(=O)N(C)C(=O)C23)cc1. The van der Waals surface area contributed by atoms with Gasteiger partial charge in [0.05, 0.1) is 32.5 Å². The van der Waals surface area contributed by atoms with Crippen molar-refractivity contribution in [2.24, 2.45) is 10.9 Å². The number of hydrogen-bond acceptors (Lipinski definition) is 7. The predicted molar refractivity (Wildman–Crippen MR) is 113 cm³/mol. The zero-order valence-corrected chi connectivity index (χ0v) is 17.8. The van der Waals surface area contributed by atoms with Crippen molar-refractivity contribution in [3.8, 4) is 0 Å². The Labute approximate surface area is 177 Å². The summed E-state index contributed by atoms with van der Waals surface area (Å²) in [6.45, 7) is 1.82. The van der Waals surface area contributed by atoms with Crippen LogP contribution in [0.25, 0.3) is 0 Å². The van der Waals surface area contributed by atoms with Crippen molar-refractivity contribution < 1.29 is 28.5 Å². The minimum absolute atomic E-state index is 0.0672. The molecule has 2 aliphatic heterocycles. The van der Waals surface area contributed by atoms with E-state index in [0.717, 1.165) is 10.5 Å². The highest BCUT2D eigenvalue weighted by atomic mass is 32.2. The van der Waals surface area contributed by atoms with Crippen LogP contribution >= 0.6 is 11.8 Å². The van der Waals surface area contributed by atoms with Gasteiger partial charge < -0.3 is 10.1 Å². The molecule has 1 atom stereocenters. The summed E-state index contributed by atoms with van der Waals surface area (Å²) in [7, 11) is 4.30. The second-order valence-electron chi connectivity index (χ2n) is 6.74. The molecule has 0 saturated carbocycles. The number of carbonyl (C=O) groups is 4. The maximum atomic E-state index is 12.7. The number of nitrogens with zero attached hydrogens (tertiary/aromatic N) is 3. The zero-order valence-electron chi connectivity index (χ0n) is 17.0. The molecule has 0 aromatic heterocycles. The second-order valence-corrected chi connectivity index (χ2v) is 7.76. The van der Waals surface area contributed by atoms with E-state index in [-0.39, 0.29) is 17.6 Å². The van der Waals surface area contributed by atoms with Gasteiger partial charge in [0, 0.05) is 10.6 Å². The van der Waals surface area contributed by atoms with Gasteiger partial charge in [0.2, 0.25) is 5.91 Å². The first kappa shape index (κ1) is 21.4. The van der Waals surface area contributed by atoms with Gasteiger partial charge in [-0.2, -0.15) is 9.48 Å². The molecule has 0 aliphatic carbocycles. The highest BCUT2D eigenvalue weighted by Gasteiger charge is 2.47. The largest absolute Gasteiger partial charge is 0.465 e. The van der Waals surface area contributed by atoms with Crippen molar-refractivity contribution in [3.05, 3.63) is 40.3 Å². The molecule has 4 amide bonds. The first-order valence-electron chi connectivity index (χ1n) is 9.02. The predicted octanol–water partition coefficient (Wildman–Crippen LogP) is 1.75. The Morgan fingerprint density at radius 3 is 2.57 bits per heavy atom. The van der Waals surface area contributed by atoms with Crippen molar-refractivity contribution in [1.29, 1.82) is 0 Å². The molecule has 2 aliphatic rings. The Hall–Kier alpha value is -3.27. The minimum Gasteiger partial charge on any atom is -0.465 e. The van der Waals surface area contributed by atoms with E-state index in [0.29, 0.717) is 22.0 Å². The molecule has 0 saturated heterocycles. The van der Waals surface area contributed by atoms with Crippen LogP contribution < -0.4 is 5.32 Å². The minimum atomic E-state index is -0.708. The number of methoxy groups -OCH3 is 1. The van der Waals surface area contributed by atoms with E-state index in [9.17, 15) is 19.2 Å². The van der Waals surface area contributed by atoms with Crippen LogP contribution in [0.2, 0.25) is 0 Å². The van der Waals surface area contributed by atoms with Crippen LogP contribution in [0.15, 0.2) is 39.7 Å². The third-order valence-electron chi connectivity index (χ3n) is 4.74. The summed E-state index contributed by atoms with van der Waals surface area (Å²) in [6.07, 6.45) is 1.60. The zero-order chi connectivity index (χ0) is 22.0. The molecule has 1 N–H and O–H groups in total. The van der Waals surface area contributed by atoms with Gasteiger partial charge >= 0.3 is 17.9 Å². The number of hydrogen-bond donors (Lipinski definition) is 1. The number of carbonyl (C=O) groups excluding carboxylic acids is 4. The summed E-state index contributed by atoms with van der Waals surface area (Å²) in [5.74, 6) is -1.38. The lowest BCUT2D eigenvalue weighted by molar-refractivity contribution is -0.407. The number of amides is 4. The Bertz CT molecular complexity index is 1030. The average Bonchev–Trinajstić information content (AvgIpc) is 2.75. The number of esters is 1. The fraction of sp³-hybridized carbons (Fsp3) is 0.300. The number of fused-ring (bicyclic) bond motifs is 1. The number of nitrogens with one attached hydrogen (secondary N) is 1. The Kier molecular flexibility index (Phi) is 6.16. The third kappa shape index (κ3) is 4.04. The lowest BCUT2D eigenvalue weighted by atomic mass is 9.99. The highest BCUT2D eigenvalue weighted by Crippen LogP contribution is 2.34. The molecule has 0 bridgehead atoms. The molecule has 0 spiro atoms. The molecule has 3 rings (SSSR count). The molecule has 1 aromatic rings. The topological polar surface area (TPSA) is 108 Å². The number of aliphatic imine (C=N–C) groups is 1. The van der Waals surface area contributed by atoms with Crippen molar-refractivity contribution in [3.63, 3.8) is 0 Å². The number of amidine groups is 1. The maximum absolute atomic E-state index is 12.7. The number of benzene rings is 1. The van der Waals surface area contributed by atoms with Crippen LogP contribution in [0, 0.1) is 5.92 Å². The second kappa shape index (κ2) is 8.62. The summed E-state index contributed by atoms with van der Waals surface area (Å²) in [6, 6.07) is 5.89. The highest BCUT2D eigenvalue weighted by molar-refractivity contribution is 8.03. The Morgan fingerprint density at radius 2 is 1.93 bits per heavy atom. The lowest BCUT2D eigenvalue weighted by Gasteiger charge is -2.27. The third-order valence-corrected chi connectivity index (χ3v) is 6.02. The normalized spacial score (nSPS) is 18.5. The van der Waals surface area contributed by atoms with E-state index in [1.165, 1.54) is 30.5 Å². The van der Waals surface area contributed by atoms with Crippen LogP contribution in [-0.2, 0) is 14.3 Å². The fourth-order valence-corrected chi connectivity index (χ4v) is 4.12. The summed E-state index contributed by atoms with van der Waals surface area (Å²) in [4.78, 5) is 54.8. The Balaban J connectivity index is 1.71. The van der Waals surface area contributed by atoms with E-state index in [4.69, 9.17) is 0 Å². The van der Waals surface area contributed by atoms with Gasteiger partial charge in [-0.3, -0.25) is 9.59 Å². The molecule has 0 fully saturated rings. The van der Waals surface area contributed by atoms with Crippen LogP contribution in [0.3, 0.4) is 0 Å². The molecule has 1 aromatic carbocycles. The molecular weight excluding hydrogens is 408 g/mol. The van der Waals surface area contributed by atoms with Gasteiger partial charge in [-0.1, -0.05) is 0 Å². The number of ether oxygens (including phenoxy) is 1. The molecule has 10 heteroatoms. The summed E-state index contributed by atoms with van der Waals surface area (Å²) >= 11 is 1.24. The standard InChI is InChI=1S/C20H20N4O5S/c1-11-9-21-17-15(18(26)24(3)20(28)23(17)2)16(11)30-10-14(25)22-13-7-5-12(6-8-13)19(27)29-4/h5-9,15H,10H2,1-4H3/p+1. The van der Waals surface area contributed by atoms with Gasteiger partial charge in [-0.15, -0.1) is 16.8 Å². The maximum Gasteiger partial charge on any atom is 0.445 e.